The molecule has 17 heteroatoms. The molecular formula is C55H64N2O15. The zero-order valence-electron chi connectivity index (χ0n) is 40.7. The highest BCUT2D eigenvalue weighted by molar-refractivity contribution is 5.97. The van der Waals surface area contributed by atoms with Gasteiger partial charge in [-0.05, 0) is 56.5 Å². The van der Waals surface area contributed by atoms with E-state index in [4.69, 9.17) is 28.4 Å². The van der Waals surface area contributed by atoms with Crippen molar-refractivity contribution in [2.75, 3.05) is 26.9 Å². The molecule has 17 nitrogen and oxygen atoms in total. The van der Waals surface area contributed by atoms with Crippen molar-refractivity contribution in [3.05, 3.63) is 161 Å². The Kier molecular flexibility index (Phi) is 17.9. The van der Waals surface area contributed by atoms with Gasteiger partial charge in [0.1, 0.15) is 54.4 Å². The summed E-state index contributed by atoms with van der Waals surface area (Å²) in [5.74, 6) is -3.74. The number of fused-ring (bicyclic) bond motifs is 1. The Balaban J connectivity index is 1.12. The number of nitrogens with one attached hydrogen (secondary N) is 1. The molecule has 2 fully saturated rings. The number of hydrogen-bond donors (Lipinski definition) is 6. The smallest absolute Gasteiger partial charge is 0.338 e. The van der Waals surface area contributed by atoms with Crippen LogP contribution >= 0.6 is 0 Å². The molecule has 0 aromatic heterocycles. The Bertz CT molecular complexity index is 2460. The summed E-state index contributed by atoms with van der Waals surface area (Å²) in [5.41, 5.74) is 2.47. The van der Waals surface area contributed by atoms with E-state index < -0.39 is 109 Å². The fourth-order valence-electron chi connectivity index (χ4n) is 8.86. The summed E-state index contributed by atoms with van der Waals surface area (Å²) in [6.45, 7) is 4.14. The number of likely N-dealkylation sites (N-methyl/N-ethyl adjacent to an activating group) is 1. The lowest BCUT2D eigenvalue weighted by Crippen LogP contribution is -2.59. The molecule has 10 atom stereocenters. The first kappa shape index (κ1) is 53.7. The predicted octanol–water partition coefficient (Wildman–Crippen LogP) is 3.73. The van der Waals surface area contributed by atoms with Gasteiger partial charge in [-0.25, -0.2) is 4.79 Å². The van der Waals surface area contributed by atoms with Crippen LogP contribution in [-0.4, -0.2) is 148 Å². The summed E-state index contributed by atoms with van der Waals surface area (Å²) in [6.07, 6.45) is -4.90. The second kappa shape index (κ2) is 24.1. The van der Waals surface area contributed by atoms with Gasteiger partial charge in [-0.1, -0.05) is 115 Å². The standard InChI is InChI=1S/C55H64N2O15/c1-54(2,3)71-45(60)27-26-40(32-58)56-50(64)41(29-35-15-8-5-9-16-35)57(4)51(65)37-30-42(49-43(31-37)70-55(72-49,38-18-10-6-11-19-38)39-20-12-7-13-21-39)68-52(66)36-24-22-34(23-25-36)17-14-28-67-53-48(63)47(62)46(61)44(33-59)69-53/h5-25,31,40-44,46-49,53,58-59,61-63H,26-30,32-33H2,1-4H3,(H,56,64)/t40-,41+,42+,43+,44+,46-,47-,48+,49-,53-/m0/s1. The maximum atomic E-state index is 14.9. The maximum absolute atomic E-state index is 14.9. The second-order valence-electron chi connectivity index (χ2n) is 19.0. The number of benzene rings is 4. The lowest BCUT2D eigenvalue weighted by Gasteiger charge is -2.39. The Morgan fingerprint density at radius 3 is 2.06 bits per heavy atom. The van der Waals surface area contributed by atoms with Gasteiger partial charge in [0, 0.05) is 43.0 Å². The quantitative estimate of drug-likeness (QED) is 0.0734. The molecule has 2 aliphatic heterocycles. The summed E-state index contributed by atoms with van der Waals surface area (Å²) in [4.78, 5) is 57.2. The first-order valence-electron chi connectivity index (χ1n) is 24.0. The van der Waals surface area contributed by atoms with Crippen molar-refractivity contribution in [1.29, 1.82) is 0 Å². The first-order valence-corrected chi connectivity index (χ1v) is 24.0. The summed E-state index contributed by atoms with van der Waals surface area (Å²) < 4.78 is 36.5. The van der Waals surface area contributed by atoms with Crippen LogP contribution in [0, 0.1) is 0 Å². The fraction of sp³-hybridized carbons (Fsp3) is 0.418. The maximum Gasteiger partial charge on any atom is 0.338 e. The van der Waals surface area contributed by atoms with E-state index in [0.717, 1.165) is 5.56 Å². The molecule has 384 valence electrons. The number of aliphatic hydroxyl groups is 5. The molecule has 2 saturated heterocycles. The number of esters is 2. The number of aliphatic hydroxyl groups excluding tert-OH is 5. The number of ether oxygens (including phenoxy) is 6. The predicted molar refractivity (Wildman–Crippen MR) is 261 cm³/mol. The Morgan fingerprint density at radius 1 is 0.833 bits per heavy atom. The number of carbonyl (C=O) groups is 4. The minimum Gasteiger partial charge on any atom is -0.460 e. The largest absolute Gasteiger partial charge is 0.460 e. The van der Waals surface area contributed by atoms with E-state index in [1.54, 1.807) is 63.3 Å². The first-order chi connectivity index (χ1) is 34.5. The molecule has 2 heterocycles. The Hall–Kier alpha value is -6.12. The van der Waals surface area contributed by atoms with Crippen molar-refractivity contribution in [1.82, 2.24) is 10.2 Å². The molecule has 7 rings (SSSR count). The molecule has 0 bridgehead atoms. The molecule has 2 amide bonds. The Morgan fingerprint density at radius 2 is 1.46 bits per heavy atom. The number of rotatable bonds is 19. The minimum absolute atomic E-state index is 0.0558. The van der Waals surface area contributed by atoms with Crippen LogP contribution in [0.5, 0.6) is 0 Å². The number of nitrogens with zero attached hydrogens (tertiary/aromatic N) is 1. The zero-order chi connectivity index (χ0) is 51.6. The normalized spacial score (nSPS) is 24.6. The second-order valence-corrected chi connectivity index (χ2v) is 19.0. The third kappa shape index (κ3) is 13.1. The summed E-state index contributed by atoms with van der Waals surface area (Å²) >= 11 is 0. The SMILES string of the molecule is CN(C(=O)C1=C[C@H]2OC(c3ccccc3)(c3ccccc3)O[C@H]2[C@H](OC(=O)c2ccc(C=CCO[C@H]3O[C@H](CO)[C@H](O)[C@H](O)[C@H]3O)cc2)C1)[C@H](Cc1ccccc1)C(=O)N[C@H](CO)CCC(=O)OC(C)(C)C. The van der Waals surface area contributed by atoms with Crippen LogP contribution in [0.3, 0.4) is 0 Å². The van der Waals surface area contributed by atoms with Crippen molar-refractivity contribution in [3.63, 3.8) is 0 Å². The third-order valence-corrected chi connectivity index (χ3v) is 12.6. The summed E-state index contributed by atoms with van der Waals surface area (Å²) in [7, 11) is 1.51. The average molecular weight is 993 g/mol. The van der Waals surface area contributed by atoms with Gasteiger partial charge in [0.2, 0.25) is 17.6 Å². The number of carbonyl (C=O) groups excluding carboxylic acids is 4. The van der Waals surface area contributed by atoms with Crippen molar-refractivity contribution in [2.24, 2.45) is 0 Å². The van der Waals surface area contributed by atoms with Crippen LogP contribution in [0.2, 0.25) is 0 Å². The van der Waals surface area contributed by atoms with Crippen molar-refractivity contribution >= 4 is 29.8 Å². The van der Waals surface area contributed by atoms with Crippen LogP contribution in [0.4, 0.5) is 0 Å². The van der Waals surface area contributed by atoms with Gasteiger partial charge >= 0.3 is 11.9 Å². The molecule has 0 unspecified atom stereocenters. The van der Waals surface area contributed by atoms with E-state index in [2.05, 4.69) is 5.32 Å². The highest BCUT2D eigenvalue weighted by Gasteiger charge is 2.55. The minimum atomic E-state index is -1.57. The van der Waals surface area contributed by atoms with E-state index in [1.165, 1.54) is 11.9 Å². The topological polar surface area (TPSA) is 240 Å². The molecule has 0 radical (unpaired) electrons. The van der Waals surface area contributed by atoms with E-state index in [0.29, 0.717) is 16.7 Å². The summed E-state index contributed by atoms with van der Waals surface area (Å²) in [5, 5.41) is 53.0. The van der Waals surface area contributed by atoms with Gasteiger partial charge in [0.05, 0.1) is 31.4 Å². The molecule has 0 saturated carbocycles. The van der Waals surface area contributed by atoms with Crippen LogP contribution in [0.25, 0.3) is 6.08 Å². The van der Waals surface area contributed by atoms with Gasteiger partial charge in [-0.2, -0.15) is 0 Å². The van der Waals surface area contributed by atoms with Crippen LogP contribution in [0.1, 0.15) is 72.6 Å². The third-order valence-electron chi connectivity index (χ3n) is 12.6. The molecule has 0 spiro atoms. The number of amides is 2. The zero-order valence-corrected chi connectivity index (χ0v) is 40.7. The highest BCUT2D eigenvalue weighted by Crippen LogP contribution is 2.47. The molecule has 6 N–H and O–H groups in total. The molecule has 72 heavy (non-hydrogen) atoms. The van der Waals surface area contributed by atoms with Gasteiger partial charge < -0.3 is 64.2 Å². The monoisotopic (exact) mass is 992 g/mol. The van der Waals surface area contributed by atoms with Crippen molar-refractivity contribution < 1.29 is 73.1 Å². The van der Waals surface area contributed by atoms with Crippen molar-refractivity contribution in [3.8, 4) is 0 Å². The van der Waals surface area contributed by atoms with E-state index in [9.17, 15) is 44.7 Å². The summed E-state index contributed by atoms with van der Waals surface area (Å²) in [6, 6.07) is 32.4. The van der Waals surface area contributed by atoms with E-state index in [1.807, 2.05) is 91.0 Å². The van der Waals surface area contributed by atoms with Gasteiger partial charge in [-0.15, -0.1) is 0 Å². The molecule has 4 aromatic rings. The lowest BCUT2D eigenvalue weighted by atomic mass is 9.90. The van der Waals surface area contributed by atoms with Gasteiger partial charge in [-0.3, -0.25) is 14.4 Å². The average Bonchev–Trinajstić information content (AvgIpc) is 3.79. The molecule has 4 aromatic carbocycles. The Labute approximate surface area is 418 Å². The molecule has 1 aliphatic carbocycles. The van der Waals surface area contributed by atoms with Gasteiger partial charge in [0.15, 0.2) is 6.29 Å². The van der Waals surface area contributed by atoms with Crippen LogP contribution < -0.4 is 5.32 Å². The number of hydrogen-bond acceptors (Lipinski definition) is 15. The highest BCUT2D eigenvalue weighted by atomic mass is 16.8. The molecule has 3 aliphatic rings. The lowest BCUT2D eigenvalue weighted by molar-refractivity contribution is -0.298. The fourth-order valence-corrected chi connectivity index (χ4v) is 8.86. The van der Waals surface area contributed by atoms with Crippen LogP contribution in [-0.2, 0) is 55.0 Å². The van der Waals surface area contributed by atoms with Gasteiger partial charge in [0.25, 0.3) is 0 Å². The van der Waals surface area contributed by atoms with Crippen LogP contribution in [0.15, 0.2) is 133 Å². The van der Waals surface area contributed by atoms with E-state index in [-0.39, 0.29) is 43.4 Å². The molecular weight excluding hydrogens is 929 g/mol. The van der Waals surface area contributed by atoms with Crippen molar-refractivity contribution in [2.45, 2.75) is 119 Å². The van der Waals surface area contributed by atoms with E-state index >= 15 is 0 Å².